The maximum atomic E-state index is 10.5. The van der Waals surface area contributed by atoms with Crippen LogP contribution in [-0.4, -0.2) is 16.1 Å². The lowest BCUT2D eigenvalue weighted by Crippen LogP contribution is -2.00. The van der Waals surface area contributed by atoms with E-state index in [0.29, 0.717) is 5.56 Å². The van der Waals surface area contributed by atoms with Gasteiger partial charge in [0.15, 0.2) is 0 Å². The third-order valence-corrected chi connectivity index (χ3v) is 1.62. The van der Waals surface area contributed by atoms with E-state index >= 15 is 0 Å². The molecule has 72 valence electrons. The molecule has 0 aromatic carbocycles. The Bertz CT molecular complexity index is 299. The van der Waals surface area contributed by atoms with Crippen molar-refractivity contribution < 1.29 is 9.90 Å². The van der Waals surface area contributed by atoms with Gasteiger partial charge >= 0.3 is 5.97 Å². The number of aromatic carboxylic acids is 1. The van der Waals surface area contributed by atoms with Crippen LogP contribution < -0.4 is 0 Å². The smallest absolute Gasteiger partial charge is 0.335 e. The molecule has 4 heteroatoms. The summed E-state index contributed by atoms with van der Waals surface area (Å²) in [5.41, 5.74) is 1.11. The highest BCUT2D eigenvalue weighted by Crippen LogP contribution is 2.12. The summed E-state index contributed by atoms with van der Waals surface area (Å²) in [5.74, 6) is -0.636. The molecule has 0 aliphatic rings. The monoisotopic (exact) mass is 201 g/mol. The second-order valence-electron chi connectivity index (χ2n) is 2.93. The Morgan fingerprint density at radius 3 is 2.62 bits per heavy atom. The molecule has 0 amide bonds. The molecule has 0 bridgehead atoms. The summed E-state index contributed by atoms with van der Waals surface area (Å²) in [4.78, 5) is 14.6. The van der Waals surface area contributed by atoms with Gasteiger partial charge in [0, 0.05) is 11.9 Å². The van der Waals surface area contributed by atoms with E-state index in [9.17, 15) is 4.79 Å². The Hall–Kier alpha value is -1.09. The van der Waals surface area contributed by atoms with Crippen LogP contribution in [0, 0.1) is 0 Å². The van der Waals surface area contributed by atoms with Crippen LogP contribution in [0.4, 0.5) is 0 Å². The van der Waals surface area contributed by atoms with Crippen molar-refractivity contribution >= 4 is 18.4 Å². The second-order valence-corrected chi connectivity index (χ2v) is 2.93. The van der Waals surface area contributed by atoms with E-state index in [1.165, 1.54) is 12.3 Å². The van der Waals surface area contributed by atoms with E-state index < -0.39 is 5.97 Å². The van der Waals surface area contributed by atoms with E-state index in [1.54, 1.807) is 6.07 Å². The number of halogens is 1. The highest BCUT2D eigenvalue weighted by atomic mass is 35.5. The summed E-state index contributed by atoms with van der Waals surface area (Å²) >= 11 is 0. The molecule has 1 rings (SSSR count). The molecule has 1 aromatic rings. The first-order valence-corrected chi connectivity index (χ1v) is 3.80. The zero-order valence-corrected chi connectivity index (χ0v) is 8.34. The lowest BCUT2D eigenvalue weighted by molar-refractivity contribution is 0.0696. The van der Waals surface area contributed by atoms with Crippen molar-refractivity contribution in [1.82, 2.24) is 4.98 Å². The fraction of sp³-hybridized carbons (Fsp3) is 0.333. The van der Waals surface area contributed by atoms with Crippen LogP contribution in [0.25, 0.3) is 0 Å². The molecule has 13 heavy (non-hydrogen) atoms. The molecule has 0 fully saturated rings. The van der Waals surface area contributed by atoms with Crippen LogP contribution in [0.3, 0.4) is 0 Å². The molecular weight excluding hydrogens is 190 g/mol. The van der Waals surface area contributed by atoms with Crippen LogP contribution in [0.5, 0.6) is 0 Å². The van der Waals surface area contributed by atoms with Crippen molar-refractivity contribution in [2.24, 2.45) is 0 Å². The Kier molecular flexibility index (Phi) is 4.42. The number of hydrogen-bond acceptors (Lipinski definition) is 2. The molecule has 0 saturated heterocycles. The standard InChI is InChI=1S/C9H11NO2.ClH/c1-6(2)8-5-7(9(11)12)3-4-10-8;/h3-6H,1-2H3,(H,11,12);1H. The van der Waals surface area contributed by atoms with Gasteiger partial charge in [0.1, 0.15) is 0 Å². The number of rotatable bonds is 2. The Morgan fingerprint density at radius 1 is 1.54 bits per heavy atom. The summed E-state index contributed by atoms with van der Waals surface area (Å²) < 4.78 is 0. The first kappa shape index (κ1) is 11.9. The van der Waals surface area contributed by atoms with E-state index in [4.69, 9.17) is 5.11 Å². The van der Waals surface area contributed by atoms with Gasteiger partial charge in [-0.1, -0.05) is 13.8 Å². The van der Waals surface area contributed by atoms with Gasteiger partial charge in [-0.15, -0.1) is 12.4 Å². The minimum Gasteiger partial charge on any atom is -0.478 e. The summed E-state index contributed by atoms with van der Waals surface area (Å²) in [7, 11) is 0. The van der Waals surface area contributed by atoms with Crippen LogP contribution in [0.1, 0.15) is 35.8 Å². The molecule has 0 atom stereocenters. The number of carboxylic acids is 1. The largest absolute Gasteiger partial charge is 0.478 e. The quantitative estimate of drug-likeness (QED) is 0.799. The maximum Gasteiger partial charge on any atom is 0.335 e. The van der Waals surface area contributed by atoms with Gasteiger partial charge in [-0.25, -0.2) is 4.79 Å². The van der Waals surface area contributed by atoms with Crippen molar-refractivity contribution in [1.29, 1.82) is 0 Å². The van der Waals surface area contributed by atoms with Gasteiger partial charge in [0.2, 0.25) is 0 Å². The summed E-state index contributed by atoms with van der Waals surface area (Å²) in [5, 5.41) is 8.66. The van der Waals surface area contributed by atoms with Crippen molar-refractivity contribution in [3.63, 3.8) is 0 Å². The zero-order valence-electron chi connectivity index (χ0n) is 7.52. The number of nitrogens with zero attached hydrogens (tertiary/aromatic N) is 1. The molecule has 0 unspecified atom stereocenters. The number of carbonyl (C=O) groups is 1. The number of hydrogen-bond donors (Lipinski definition) is 1. The SMILES string of the molecule is CC(C)c1cc(C(=O)O)ccn1.Cl. The summed E-state index contributed by atoms with van der Waals surface area (Å²) in [6.07, 6.45) is 1.53. The van der Waals surface area contributed by atoms with E-state index in [2.05, 4.69) is 4.98 Å². The Labute approximate surface area is 83.2 Å². The molecule has 1 heterocycles. The highest BCUT2D eigenvalue weighted by molar-refractivity contribution is 5.87. The van der Waals surface area contributed by atoms with Crippen molar-refractivity contribution in [2.75, 3.05) is 0 Å². The molecule has 0 saturated carbocycles. The Morgan fingerprint density at radius 2 is 2.15 bits per heavy atom. The highest BCUT2D eigenvalue weighted by Gasteiger charge is 2.05. The van der Waals surface area contributed by atoms with Gasteiger partial charge in [-0.2, -0.15) is 0 Å². The van der Waals surface area contributed by atoms with Gasteiger partial charge in [-0.05, 0) is 18.1 Å². The minimum absolute atomic E-state index is 0. The predicted molar refractivity (Wildman–Crippen MR) is 52.5 cm³/mol. The molecule has 0 radical (unpaired) electrons. The van der Waals surface area contributed by atoms with Gasteiger partial charge in [0.05, 0.1) is 5.56 Å². The fourth-order valence-corrected chi connectivity index (χ4v) is 0.897. The van der Waals surface area contributed by atoms with Crippen LogP contribution in [0.15, 0.2) is 18.3 Å². The first-order chi connectivity index (χ1) is 5.61. The first-order valence-electron chi connectivity index (χ1n) is 3.80. The van der Waals surface area contributed by atoms with Crippen molar-refractivity contribution in [3.05, 3.63) is 29.6 Å². The van der Waals surface area contributed by atoms with Crippen LogP contribution in [0.2, 0.25) is 0 Å². The molecule has 0 aliphatic carbocycles. The lowest BCUT2D eigenvalue weighted by Gasteiger charge is -2.03. The summed E-state index contributed by atoms with van der Waals surface area (Å²) in [6, 6.07) is 3.10. The molecule has 0 spiro atoms. The van der Waals surface area contributed by atoms with Gasteiger partial charge in [0.25, 0.3) is 0 Å². The van der Waals surface area contributed by atoms with Crippen molar-refractivity contribution in [2.45, 2.75) is 19.8 Å². The minimum atomic E-state index is -0.903. The number of pyridine rings is 1. The predicted octanol–water partition coefficient (Wildman–Crippen LogP) is 2.33. The maximum absolute atomic E-state index is 10.5. The molecule has 0 aliphatic heterocycles. The molecule has 1 aromatic heterocycles. The second kappa shape index (κ2) is 4.82. The van der Waals surface area contributed by atoms with Crippen LogP contribution in [-0.2, 0) is 0 Å². The van der Waals surface area contributed by atoms with Gasteiger partial charge in [-0.3, -0.25) is 4.98 Å². The summed E-state index contributed by atoms with van der Waals surface area (Å²) in [6.45, 7) is 3.96. The van der Waals surface area contributed by atoms with Crippen molar-refractivity contribution in [3.8, 4) is 0 Å². The van der Waals surface area contributed by atoms with Crippen LogP contribution >= 0.6 is 12.4 Å². The molecular formula is C9H12ClNO2. The average molecular weight is 202 g/mol. The molecule has 3 nitrogen and oxygen atoms in total. The Balaban J connectivity index is 0.00000144. The van der Waals surface area contributed by atoms with Gasteiger partial charge < -0.3 is 5.11 Å². The average Bonchev–Trinajstić information content (AvgIpc) is 2.04. The third kappa shape index (κ3) is 3.03. The van der Waals surface area contributed by atoms with E-state index in [1.807, 2.05) is 13.8 Å². The lowest BCUT2D eigenvalue weighted by atomic mass is 10.1. The van der Waals surface area contributed by atoms with E-state index in [0.717, 1.165) is 5.69 Å². The van der Waals surface area contributed by atoms with E-state index in [-0.39, 0.29) is 18.3 Å². The normalized spacial score (nSPS) is 9.46. The fourth-order valence-electron chi connectivity index (χ4n) is 0.897. The third-order valence-electron chi connectivity index (χ3n) is 1.62. The zero-order chi connectivity index (χ0) is 9.14. The number of carboxylic acid groups (broad SMARTS) is 1. The number of aromatic nitrogens is 1. The topological polar surface area (TPSA) is 50.2 Å². The molecule has 1 N–H and O–H groups in total.